The lowest BCUT2D eigenvalue weighted by molar-refractivity contribution is 0.102. The maximum Gasteiger partial charge on any atom is 0.255 e. The minimum Gasteiger partial charge on any atom is -0.480 e. The lowest BCUT2D eigenvalue weighted by Crippen LogP contribution is -2.12. The van der Waals surface area contributed by atoms with Gasteiger partial charge in [-0.3, -0.25) is 4.79 Å². The molecule has 0 unspecified atom stereocenters. The summed E-state index contributed by atoms with van der Waals surface area (Å²) in [7, 11) is 1.51. The molecular formula is C14H12N4O2. The largest absolute Gasteiger partial charge is 0.480 e. The molecular weight excluding hydrogens is 256 g/mol. The summed E-state index contributed by atoms with van der Waals surface area (Å²) in [6.45, 7) is 0. The van der Waals surface area contributed by atoms with E-state index in [1.54, 1.807) is 42.9 Å². The van der Waals surface area contributed by atoms with Crippen molar-refractivity contribution in [2.75, 3.05) is 12.4 Å². The van der Waals surface area contributed by atoms with E-state index in [0.717, 1.165) is 11.0 Å². The first-order valence-electron chi connectivity index (χ1n) is 6.01. The number of methoxy groups -OCH3 is 1. The van der Waals surface area contributed by atoms with Gasteiger partial charge in [0, 0.05) is 11.8 Å². The number of pyridine rings is 1. The molecule has 0 aliphatic heterocycles. The molecule has 1 aromatic carbocycles. The zero-order valence-corrected chi connectivity index (χ0v) is 10.8. The van der Waals surface area contributed by atoms with E-state index < -0.39 is 0 Å². The molecule has 2 heterocycles. The Kier molecular flexibility index (Phi) is 3.04. The topological polar surface area (TPSA) is 79.9 Å². The maximum absolute atomic E-state index is 12.2. The van der Waals surface area contributed by atoms with Crippen LogP contribution in [0.2, 0.25) is 0 Å². The van der Waals surface area contributed by atoms with Gasteiger partial charge in [0.25, 0.3) is 5.91 Å². The van der Waals surface area contributed by atoms with E-state index in [9.17, 15) is 4.79 Å². The van der Waals surface area contributed by atoms with Crippen molar-refractivity contribution in [3.8, 4) is 5.88 Å². The number of aromatic nitrogens is 3. The fraction of sp³-hybridized carbons (Fsp3) is 0.0714. The van der Waals surface area contributed by atoms with Gasteiger partial charge in [-0.15, -0.1) is 0 Å². The van der Waals surface area contributed by atoms with Gasteiger partial charge in [0.05, 0.1) is 24.5 Å². The minimum absolute atomic E-state index is 0.229. The molecule has 0 spiro atoms. The summed E-state index contributed by atoms with van der Waals surface area (Å²) in [5.74, 6) is 0.149. The molecule has 0 bridgehead atoms. The number of anilines is 1. The highest BCUT2D eigenvalue weighted by Gasteiger charge is 2.11. The van der Waals surface area contributed by atoms with Crippen LogP contribution in [-0.4, -0.2) is 28.0 Å². The molecule has 2 N–H and O–H groups in total. The van der Waals surface area contributed by atoms with Crippen LogP contribution in [0.15, 0.2) is 42.9 Å². The Morgan fingerprint density at radius 3 is 3.05 bits per heavy atom. The van der Waals surface area contributed by atoms with Crippen LogP contribution in [0.4, 0.5) is 5.69 Å². The monoisotopic (exact) mass is 268 g/mol. The van der Waals surface area contributed by atoms with Crippen LogP contribution in [0.1, 0.15) is 10.4 Å². The van der Waals surface area contributed by atoms with E-state index >= 15 is 0 Å². The number of nitrogens with zero attached hydrogens (tertiary/aromatic N) is 2. The first-order valence-corrected chi connectivity index (χ1v) is 6.01. The molecule has 0 aliphatic rings. The van der Waals surface area contributed by atoms with Crippen molar-refractivity contribution in [2.45, 2.75) is 0 Å². The predicted molar refractivity (Wildman–Crippen MR) is 74.8 cm³/mol. The van der Waals surface area contributed by atoms with E-state index in [1.165, 1.54) is 7.11 Å². The molecule has 100 valence electrons. The number of nitrogens with one attached hydrogen (secondary N) is 2. The summed E-state index contributed by atoms with van der Waals surface area (Å²) in [5, 5.41) is 2.77. The number of ether oxygens (including phenoxy) is 1. The number of rotatable bonds is 3. The van der Waals surface area contributed by atoms with Crippen molar-refractivity contribution in [3.05, 3.63) is 48.4 Å². The van der Waals surface area contributed by atoms with Crippen LogP contribution < -0.4 is 10.1 Å². The first kappa shape index (κ1) is 12.2. The predicted octanol–water partition coefficient (Wildman–Crippen LogP) is 2.22. The molecule has 0 aliphatic carbocycles. The summed E-state index contributed by atoms with van der Waals surface area (Å²) in [5.41, 5.74) is 2.70. The van der Waals surface area contributed by atoms with Crippen molar-refractivity contribution >= 4 is 22.6 Å². The van der Waals surface area contributed by atoms with E-state index in [0.29, 0.717) is 17.1 Å². The number of H-pyrrole nitrogens is 1. The molecule has 1 amide bonds. The van der Waals surface area contributed by atoms with Crippen molar-refractivity contribution in [1.29, 1.82) is 0 Å². The van der Waals surface area contributed by atoms with Gasteiger partial charge in [-0.1, -0.05) is 0 Å². The molecule has 6 heteroatoms. The summed E-state index contributed by atoms with van der Waals surface area (Å²) >= 11 is 0. The third-order valence-electron chi connectivity index (χ3n) is 2.90. The van der Waals surface area contributed by atoms with E-state index in [-0.39, 0.29) is 5.91 Å². The third kappa shape index (κ3) is 2.18. The molecule has 3 rings (SSSR count). The number of carbonyl (C=O) groups is 1. The second-order valence-corrected chi connectivity index (χ2v) is 4.15. The molecule has 0 saturated carbocycles. The quantitative estimate of drug-likeness (QED) is 0.763. The smallest absolute Gasteiger partial charge is 0.255 e. The standard InChI is InChI=1S/C14H12N4O2/c1-20-14-11(3-2-6-15-14)18-13(19)9-4-5-10-12(7-9)17-8-16-10/h2-8H,1H3,(H,16,17)(H,18,19). The number of aromatic amines is 1. The van der Waals surface area contributed by atoms with Crippen LogP contribution in [0.25, 0.3) is 11.0 Å². The number of hydrogen-bond donors (Lipinski definition) is 2. The van der Waals surface area contributed by atoms with Gasteiger partial charge in [0.1, 0.15) is 5.69 Å². The molecule has 20 heavy (non-hydrogen) atoms. The first-order chi connectivity index (χ1) is 9.78. The van der Waals surface area contributed by atoms with Gasteiger partial charge >= 0.3 is 0 Å². The fourth-order valence-corrected chi connectivity index (χ4v) is 1.92. The summed E-state index contributed by atoms with van der Waals surface area (Å²) in [4.78, 5) is 23.3. The van der Waals surface area contributed by atoms with Crippen LogP contribution in [0.3, 0.4) is 0 Å². The minimum atomic E-state index is -0.229. The second-order valence-electron chi connectivity index (χ2n) is 4.15. The Labute approximate surface area is 114 Å². The van der Waals surface area contributed by atoms with E-state index in [4.69, 9.17) is 4.74 Å². The summed E-state index contributed by atoms with van der Waals surface area (Å²) < 4.78 is 5.10. The average molecular weight is 268 g/mol. The molecule has 3 aromatic rings. The lowest BCUT2D eigenvalue weighted by Gasteiger charge is -2.08. The maximum atomic E-state index is 12.2. The Bertz CT molecular complexity index is 766. The fourth-order valence-electron chi connectivity index (χ4n) is 1.92. The van der Waals surface area contributed by atoms with Crippen molar-refractivity contribution in [1.82, 2.24) is 15.0 Å². The number of amides is 1. The Morgan fingerprint density at radius 2 is 2.20 bits per heavy atom. The van der Waals surface area contributed by atoms with Gasteiger partial charge < -0.3 is 15.0 Å². The summed E-state index contributed by atoms with van der Waals surface area (Å²) in [6.07, 6.45) is 3.20. The Balaban J connectivity index is 1.88. The lowest BCUT2D eigenvalue weighted by atomic mass is 10.2. The van der Waals surface area contributed by atoms with Crippen LogP contribution in [0.5, 0.6) is 5.88 Å². The van der Waals surface area contributed by atoms with Gasteiger partial charge in [0.2, 0.25) is 5.88 Å². The zero-order chi connectivity index (χ0) is 13.9. The molecule has 0 atom stereocenters. The van der Waals surface area contributed by atoms with Crippen LogP contribution in [-0.2, 0) is 0 Å². The number of imidazole rings is 1. The summed E-state index contributed by atoms with van der Waals surface area (Å²) in [6, 6.07) is 8.73. The van der Waals surface area contributed by atoms with Gasteiger partial charge in [-0.05, 0) is 30.3 Å². The van der Waals surface area contributed by atoms with Crippen LogP contribution >= 0.6 is 0 Å². The Hall–Kier alpha value is -2.89. The highest BCUT2D eigenvalue weighted by Crippen LogP contribution is 2.21. The van der Waals surface area contributed by atoms with Crippen molar-refractivity contribution in [2.24, 2.45) is 0 Å². The Morgan fingerprint density at radius 1 is 1.30 bits per heavy atom. The molecule has 0 radical (unpaired) electrons. The number of carbonyl (C=O) groups excluding carboxylic acids is 1. The second kappa shape index (κ2) is 5.00. The van der Waals surface area contributed by atoms with Gasteiger partial charge in [0.15, 0.2) is 0 Å². The van der Waals surface area contributed by atoms with Crippen molar-refractivity contribution in [3.63, 3.8) is 0 Å². The number of hydrogen-bond acceptors (Lipinski definition) is 4. The highest BCUT2D eigenvalue weighted by atomic mass is 16.5. The highest BCUT2D eigenvalue weighted by molar-refractivity contribution is 6.06. The molecule has 6 nitrogen and oxygen atoms in total. The van der Waals surface area contributed by atoms with Gasteiger partial charge in [-0.25, -0.2) is 9.97 Å². The number of benzene rings is 1. The third-order valence-corrected chi connectivity index (χ3v) is 2.90. The van der Waals surface area contributed by atoms with E-state index in [2.05, 4.69) is 20.3 Å². The van der Waals surface area contributed by atoms with Crippen LogP contribution in [0, 0.1) is 0 Å². The van der Waals surface area contributed by atoms with E-state index in [1.807, 2.05) is 0 Å². The zero-order valence-electron chi connectivity index (χ0n) is 10.8. The normalized spacial score (nSPS) is 10.4. The number of fused-ring (bicyclic) bond motifs is 1. The average Bonchev–Trinajstić information content (AvgIpc) is 2.95. The van der Waals surface area contributed by atoms with Gasteiger partial charge in [-0.2, -0.15) is 0 Å². The molecule has 0 fully saturated rings. The SMILES string of the molecule is COc1ncccc1NC(=O)c1ccc2nc[nH]c2c1. The molecule has 0 saturated heterocycles. The van der Waals surface area contributed by atoms with Crippen molar-refractivity contribution < 1.29 is 9.53 Å². The molecule has 2 aromatic heterocycles.